The number of anilines is 1. The Morgan fingerprint density at radius 2 is 1.86 bits per heavy atom. The molecule has 0 fully saturated rings. The topological polar surface area (TPSA) is 107 Å². The number of rotatable bonds is 6. The Kier molecular flexibility index (Phi) is 5.35. The molecular weight excluding hydrogens is 403 g/mol. The zero-order valence-electron chi connectivity index (χ0n) is 14.1. The minimum atomic E-state index is -0.405. The number of nitrogens with one attached hydrogen (secondary N) is 1. The molecule has 0 aliphatic heterocycles. The van der Waals surface area contributed by atoms with Crippen LogP contribution < -0.4 is 5.32 Å². The van der Waals surface area contributed by atoms with Crippen molar-refractivity contribution in [2.75, 3.05) is 5.32 Å². The van der Waals surface area contributed by atoms with Gasteiger partial charge in [-0.25, -0.2) is 4.39 Å². The summed E-state index contributed by atoms with van der Waals surface area (Å²) in [7, 11) is 0. The Hall–Kier alpha value is -3.18. The zero-order valence-corrected chi connectivity index (χ0v) is 15.7. The predicted molar refractivity (Wildman–Crippen MR) is 101 cm³/mol. The zero-order chi connectivity index (χ0) is 19.3. The van der Waals surface area contributed by atoms with Crippen molar-refractivity contribution < 1.29 is 13.6 Å². The van der Waals surface area contributed by atoms with E-state index in [1.54, 1.807) is 24.5 Å². The molecule has 0 bridgehead atoms. The number of hydrogen-bond donors (Lipinski definition) is 1. The van der Waals surface area contributed by atoms with Gasteiger partial charge in [0.05, 0.1) is 5.75 Å². The maximum absolute atomic E-state index is 12.9. The molecule has 3 heterocycles. The highest BCUT2D eigenvalue weighted by Crippen LogP contribution is 2.26. The molecule has 0 unspecified atom stereocenters. The lowest BCUT2D eigenvalue weighted by Gasteiger charge is -2.01. The molecule has 11 heteroatoms. The quantitative estimate of drug-likeness (QED) is 0.476. The van der Waals surface area contributed by atoms with E-state index in [9.17, 15) is 9.18 Å². The number of thioether (sulfide) groups is 1. The molecule has 28 heavy (non-hydrogen) atoms. The van der Waals surface area contributed by atoms with Crippen molar-refractivity contribution in [3.05, 3.63) is 64.6 Å². The summed E-state index contributed by atoms with van der Waals surface area (Å²) < 4.78 is 18.5. The third-order valence-corrected chi connectivity index (χ3v) is 5.35. The standard InChI is InChI=1S/C17H11FN6O2S2/c18-11-1-3-12(4-2-11)20-14(25)16-23-21-13(28-16)9-27-17-24-22-15(26-17)10-5-7-19-8-6-10/h1-8H,9H2,(H,20,25). The van der Waals surface area contributed by atoms with Crippen LogP contribution in [0, 0.1) is 5.82 Å². The van der Waals surface area contributed by atoms with Crippen LogP contribution in [0.25, 0.3) is 11.5 Å². The summed E-state index contributed by atoms with van der Waals surface area (Å²) >= 11 is 2.46. The number of carbonyl (C=O) groups excluding carboxylic acids is 1. The van der Waals surface area contributed by atoms with E-state index in [0.29, 0.717) is 27.6 Å². The number of carbonyl (C=O) groups is 1. The molecule has 140 valence electrons. The van der Waals surface area contributed by atoms with Gasteiger partial charge in [-0.2, -0.15) is 0 Å². The van der Waals surface area contributed by atoms with Gasteiger partial charge in [-0.3, -0.25) is 9.78 Å². The van der Waals surface area contributed by atoms with E-state index >= 15 is 0 Å². The minimum Gasteiger partial charge on any atom is -0.411 e. The van der Waals surface area contributed by atoms with Gasteiger partial charge in [-0.1, -0.05) is 23.1 Å². The van der Waals surface area contributed by atoms with E-state index in [-0.39, 0.29) is 10.8 Å². The molecule has 1 aromatic carbocycles. The number of nitrogens with zero attached hydrogens (tertiary/aromatic N) is 5. The van der Waals surface area contributed by atoms with Gasteiger partial charge in [-0.15, -0.1) is 20.4 Å². The summed E-state index contributed by atoms with van der Waals surface area (Å²) in [5.41, 5.74) is 1.26. The number of halogens is 1. The largest absolute Gasteiger partial charge is 0.411 e. The summed E-state index contributed by atoms with van der Waals surface area (Å²) in [5.74, 6) is 0.0559. The van der Waals surface area contributed by atoms with E-state index in [1.165, 1.54) is 36.0 Å². The van der Waals surface area contributed by atoms with Gasteiger partial charge in [0.25, 0.3) is 11.1 Å². The number of benzene rings is 1. The van der Waals surface area contributed by atoms with E-state index in [2.05, 4.69) is 30.7 Å². The predicted octanol–water partition coefficient (Wildman–Crippen LogP) is 3.67. The molecule has 4 rings (SSSR count). The van der Waals surface area contributed by atoms with E-state index in [0.717, 1.165) is 16.9 Å². The van der Waals surface area contributed by atoms with E-state index < -0.39 is 5.91 Å². The summed E-state index contributed by atoms with van der Waals surface area (Å²) in [6.07, 6.45) is 3.29. The lowest BCUT2D eigenvalue weighted by Crippen LogP contribution is -2.11. The fourth-order valence-corrected chi connectivity index (χ4v) is 3.61. The van der Waals surface area contributed by atoms with Crippen molar-refractivity contribution in [2.45, 2.75) is 11.0 Å². The highest BCUT2D eigenvalue weighted by atomic mass is 32.2. The monoisotopic (exact) mass is 414 g/mol. The lowest BCUT2D eigenvalue weighted by atomic mass is 10.3. The van der Waals surface area contributed by atoms with Crippen molar-refractivity contribution in [1.82, 2.24) is 25.4 Å². The molecule has 0 aliphatic rings. The Morgan fingerprint density at radius 3 is 2.64 bits per heavy atom. The fraction of sp³-hybridized carbons (Fsp3) is 0.0588. The highest BCUT2D eigenvalue weighted by molar-refractivity contribution is 7.98. The van der Waals surface area contributed by atoms with Crippen molar-refractivity contribution in [3.8, 4) is 11.5 Å². The van der Waals surface area contributed by atoms with Crippen LogP contribution in [0.2, 0.25) is 0 Å². The minimum absolute atomic E-state index is 0.211. The number of amides is 1. The van der Waals surface area contributed by atoms with Crippen LogP contribution in [-0.2, 0) is 5.75 Å². The Labute approximate surface area is 166 Å². The summed E-state index contributed by atoms with van der Waals surface area (Å²) in [6, 6.07) is 9.03. The van der Waals surface area contributed by atoms with Crippen LogP contribution in [0.1, 0.15) is 14.8 Å². The molecule has 0 radical (unpaired) electrons. The van der Waals surface area contributed by atoms with E-state index in [4.69, 9.17) is 4.42 Å². The summed E-state index contributed by atoms with van der Waals surface area (Å²) in [6.45, 7) is 0. The van der Waals surface area contributed by atoms with Gasteiger partial charge >= 0.3 is 0 Å². The molecule has 0 saturated carbocycles. The van der Waals surface area contributed by atoms with Gasteiger partial charge < -0.3 is 9.73 Å². The highest BCUT2D eigenvalue weighted by Gasteiger charge is 2.15. The average Bonchev–Trinajstić information content (AvgIpc) is 3.38. The Balaban J connectivity index is 1.35. The van der Waals surface area contributed by atoms with Crippen LogP contribution >= 0.6 is 23.1 Å². The second kappa shape index (κ2) is 8.23. The van der Waals surface area contributed by atoms with Crippen LogP contribution in [0.4, 0.5) is 10.1 Å². The smallest absolute Gasteiger partial charge is 0.286 e. The first-order valence-corrected chi connectivity index (χ1v) is 9.73. The van der Waals surface area contributed by atoms with Crippen LogP contribution in [-0.4, -0.2) is 31.3 Å². The molecule has 0 aliphatic carbocycles. The maximum atomic E-state index is 12.9. The van der Waals surface area contributed by atoms with Gasteiger partial charge in [-0.05, 0) is 36.4 Å². The number of hydrogen-bond acceptors (Lipinski definition) is 9. The average molecular weight is 414 g/mol. The first kappa shape index (κ1) is 18.2. The van der Waals surface area contributed by atoms with Gasteiger partial charge in [0.1, 0.15) is 10.8 Å². The second-order valence-corrected chi connectivity index (χ2v) is 7.35. The SMILES string of the molecule is O=C(Nc1ccc(F)cc1)c1nnc(CSc2nnc(-c3ccncc3)o2)s1. The normalized spacial score (nSPS) is 10.8. The lowest BCUT2D eigenvalue weighted by molar-refractivity contribution is 0.102. The van der Waals surface area contributed by atoms with Gasteiger partial charge in [0.2, 0.25) is 10.9 Å². The van der Waals surface area contributed by atoms with Crippen molar-refractivity contribution >= 4 is 34.7 Å². The molecule has 0 atom stereocenters. The van der Waals surface area contributed by atoms with Gasteiger partial charge in [0, 0.05) is 23.6 Å². The Morgan fingerprint density at radius 1 is 1.07 bits per heavy atom. The van der Waals surface area contributed by atoms with Crippen LogP contribution in [0.15, 0.2) is 58.4 Å². The maximum Gasteiger partial charge on any atom is 0.286 e. The molecule has 3 aromatic heterocycles. The third kappa shape index (κ3) is 4.38. The van der Waals surface area contributed by atoms with Gasteiger partial charge in [0.15, 0.2) is 0 Å². The molecular formula is C17H11FN6O2S2. The first-order valence-electron chi connectivity index (χ1n) is 7.93. The number of aromatic nitrogens is 5. The molecule has 1 N–H and O–H groups in total. The molecule has 0 spiro atoms. The van der Waals surface area contributed by atoms with Crippen molar-refractivity contribution in [3.63, 3.8) is 0 Å². The van der Waals surface area contributed by atoms with Crippen molar-refractivity contribution in [2.24, 2.45) is 0 Å². The fourth-order valence-electron chi connectivity index (χ4n) is 2.12. The first-order chi connectivity index (χ1) is 13.7. The summed E-state index contributed by atoms with van der Waals surface area (Å²) in [4.78, 5) is 16.1. The molecule has 1 amide bonds. The van der Waals surface area contributed by atoms with Crippen LogP contribution in [0.3, 0.4) is 0 Å². The van der Waals surface area contributed by atoms with Crippen molar-refractivity contribution in [1.29, 1.82) is 0 Å². The second-order valence-electron chi connectivity index (χ2n) is 5.36. The van der Waals surface area contributed by atoms with E-state index in [1.807, 2.05) is 0 Å². The number of pyridine rings is 1. The molecule has 4 aromatic rings. The summed E-state index contributed by atoms with van der Waals surface area (Å²) in [5, 5.41) is 19.8. The Bertz CT molecular complexity index is 1080. The molecule has 0 saturated heterocycles. The third-order valence-electron chi connectivity index (χ3n) is 3.42. The van der Waals surface area contributed by atoms with Crippen LogP contribution in [0.5, 0.6) is 0 Å². The molecule has 8 nitrogen and oxygen atoms in total.